The van der Waals surface area contributed by atoms with Crippen LogP contribution in [0.1, 0.15) is 5.56 Å². The van der Waals surface area contributed by atoms with Crippen LogP contribution < -0.4 is 20.3 Å². The summed E-state index contributed by atoms with van der Waals surface area (Å²) in [5.74, 6) is 1.19. The minimum absolute atomic E-state index is 0.333. The van der Waals surface area contributed by atoms with Crippen LogP contribution in [0.2, 0.25) is 0 Å². The van der Waals surface area contributed by atoms with Crippen molar-refractivity contribution in [3.63, 3.8) is 0 Å². The molecule has 2 aromatic heterocycles. The first-order valence-electron chi connectivity index (χ1n) is 6.77. The van der Waals surface area contributed by atoms with E-state index in [0.29, 0.717) is 18.1 Å². The van der Waals surface area contributed by atoms with Crippen molar-refractivity contribution in [3.8, 4) is 5.88 Å². The number of amides is 2. The fourth-order valence-corrected chi connectivity index (χ4v) is 1.96. The van der Waals surface area contributed by atoms with Crippen molar-refractivity contribution in [1.29, 1.82) is 0 Å². The quantitative estimate of drug-likeness (QED) is 0.881. The summed E-state index contributed by atoms with van der Waals surface area (Å²) in [6.45, 7) is 0.371. The van der Waals surface area contributed by atoms with Gasteiger partial charge in [-0.25, -0.2) is 14.8 Å². The lowest BCUT2D eigenvalue weighted by Gasteiger charge is -2.16. The van der Waals surface area contributed by atoms with Gasteiger partial charge in [-0.15, -0.1) is 0 Å². The fraction of sp³-hybridized carbons (Fsp3) is 0.267. The van der Waals surface area contributed by atoms with E-state index in [0.717, 1.165) is 11.4 Å². The summed E-state index contributed by atoms with van der Waals surface area (Å²) < 4.78 is 5.09. The van der Waals surface area contributed by atoms with Gasteiger partial charge in [0.15, 0.2) is 0 Å². The van der Waals surface area contributed by atoms with E-state index in [1.165, 1.54) is 7.11 Å². The molecule has 22 heavy (non-hydrogen) atoms. The first kappa shape index (κ1) is 15.6. The van der Waals surface area contributed by atoms with E-state index in [4.69, 9.17) is 4.74 Å². The Bertz CT molecular complexity index is 645. The zero-order valence-electron chi connectivity index (χ0n) is 12.8. The molecule has 0 aliphatic heterocycles. The smallest absolute Gasteiger partial charge is 0.319 e. The van der Waals surface area contributed by atoms with Crippen molar-refractivity contribution in [2.75, 3.05) is 31.4 Å². The molecule has 0 unspecified atom stereocenters. The van der Waals surface area contributed by atoms with Gasteiger partial charge in [-0.05, 0) is 18.2 Å². The average Bonchev–Trinajstić information content (AvgIpc) is 2.53. The monoisotopic (exact) mass is 301 g/mol. The van der Waals surface area contributed by atoms with Crippen molar-refractivity contribution in [1.82, 2.24) is 15.3 Å². The molecule has 2 rings (SSSR count). The number of carbonyl (C=O) groups excluding carboxylic acids is 1. The van der Waals surface area contributed by atoms with Crippen LogP contribution in [0.25, 0.3) is 0 Å². The van der Waals surface area contributed by atoms with Crippen molar-refractivity contribution in [2.45, 2.75) is 6.54 Å². The minimum Gasteiger partial charge on any atom is -0.480 e. The summed E-state index contributed by atoms with van der Waals surface area (Å²) in [6.07, 6.45) is 3.32. The molecule has 7 heteroatoms. The Hall–Kier alpha value is -2.83. The average molecular weight is 301 g/mol. The number of nitrogens with zero attached hydrogens (tertiary/aromatic N) is 3. The van der Waals surface area contributed by atoms with E-state index in [-0.39, 0.29) is 6.03 Å². The molecule has 0 fully saturated rings. The van der Waals surface area contributed by atoms with Crippen LogP contribution in [0.5, 0.6) is 5.88 Å². The van der Waals surface area contributed by atoms with Gasteiger partial charge < -0.3 is 20.3 Å². The molecule has 2 aromatic rings. The number of ether oxygens (including phenoxy) is 1. The number of anilines is 2. The molecule has 7 nitrogen and oxygen atoms in total. The standard InChI is InChI=1S/C15H19N5O2/c1-20(2)13-11(6-4-8-16-13)10-18-15(21)19-12-7-5-9-17-14(12)22-3/h4-9H,10H2,1-3H3,(H2,18,19,21). The lowest BCUT2D eigenvalue weighted by Crippen LogP contribution is -2.29. The van der Waals surface area contributed by atoms with Gasteiger partial charge in [0.1, 0.15) is 11.5 Å². The van der Waals surface area contributed by atoms with E-state index in [2.05, 4.69) is 20.6 Å². The molecule has 0 radical (unpaired) electrons. The topological polar surface area (TPSA) is 79.4 Å². The summed E-state index contributed by atoms with van der Waals surface area (Å²) in [6, 6.07) is 6.88. The Labute approximate surface area is 129 Å². The summed E-state index contributed by atoms with van der Waals surface area (Å²) in [4.78, 5) is 22.2. The van der Waals surface area contributed by atoms with Crippen molar-refractivity contribution in [2.24, 2.45) is 0 Å². The highest BCUT2D eigenvalue weighted by Gasteiger charge is 2.09. The normalized spacial score (nSPS) is 9.95. The Kier molecular flexibility index (Phi) is 5.13. The number of carbonyl (C=O) groups is 1. The summed E-state index contributed by atoms with van der Waals surface area (Å²) in [5, 5.41) is 5.50. The Morgan fingerprint density at radius 1 is 1.23 bits per heavy atom. The molecule has 0 saturated carbocycles. The molecule has 2 N–H and O–H groups in total. The van der Waals surface area contributed by atoms with E-state index in [1.54, 1.807) is 24.5 Å². The van der Waals surface area contributed by atoms with Crippen molar-refractivity contribution >= 4 is 17.5 Å². The Morgan fingerprint density at radius 2 is 1.95 bits per heavy atom. The largest absolute Gasteiger partial charge is 0.480 e. The molecule has 0 atom stereocenters. The third-order valence-electron chi connectivity index (χ3n) is 2.94. The van der Waals surface area contributed by atoms with Gasteiger partial charge in [-0.1, -0.05) is 6.07 Å². The number of rotatable bonds is 5. The van der Waals surface area contributed by atoms with Crippen LogP contribution in [0.4, 0.5) is 16.3 Å². The number of hydrogen-bond acceptors (Lipinski definition) is 5. The van der Waals surface area contributed by atoms with E-state index < -0.39 is 0 Å². The summed E-state index contributed by atoms with van der Waals surface area (Å²) in [5.41, 5.74) is 1.45. The maximum absolute atomic E-state index is 12.0. The third-order valence-corrected chi connectivity index (χ3v) is 2.94. The van der Waals surface area contributed by atoms with E-state index in [9.17, 15) is 4.79 Å². The first-order valence-corrected chi connectivity index (χ1v) is 6.77. The molecular formula is C15H19N5O2. The van der Waals surface area contributed by atoms with Gasteiger partial charge in [0.2, 0.25) is 5.88 Å². The van der Waals surface area contributed by atoms with Gasteiger partial charge in [0.25, 0.3) is 0 Å². The van der Waals surface area contributed by atoms with Crippen molar-refractivity contribution in [3.05, 3.63) is 42.2 Å². The second-order valence-electron chi connectivity index (χ2n) is 4.75. The zero-order chi connectivity index (χ0) is 15.9. The molecule has 116 valence electrons. The van der Waals surface area contributed by atoms with Crippen LogP contribution in [0, 0.1) is 0 Å². The lowest BCUT2D eigenvalue weighted by molar-refractivity contribution is 0.251. The molecule has 0 saturated heterocycles. The zero-order valence-corrected chi connectivity index (χ0v) is 12.8. The highest BCUT2D eigenvalue weighted by atomic mass is 16.5. The predicted octanol–water partition coefficient (Wildman–Crippen LogP) is 1.87. The number of aromatic nitrogens is 2. The Balaban J connectivity index is 1.99. The molecule has 0 aromatic carbocycles. The van der Waals surface area contributed by atoms with Gasteiger partial charge in [0, 0.05) is 38.6 Å². The van der Waals surface area contributed by atoms with Gasteiger partial charge >= 0.3 is 6.03 Å². The van der Waals surface area contributed by atoms with Crippen LogP contribution in [-0.4, -0.2) is 37.2 Å². The number of hydrogen-bond donors (Lipinski definition) is 2. The van der Waals surface area contributed by atoms with Gasteiger partial charge in [-0.3, -0.25) is 0 Å². The molecule has 0 aliphatic rings. The second-order valence-corrected chi connectivity index (χ2v) is 4.75. The number of nitrogens with one attached hydrogen (secondary N) is 2. The molecular weight excluding hydrogens is 282 g/mol. The maximum Gasteiger partial charge on any atom is 0.319 e. The SMILES string of the molecule is COc1ncccc1NC(=O)NCc1cccnc1N(C)C. The van der Waals surface area contributed by atoms with Crippen LogP contribution in [0.15, 0.2) is 36.7 Å². The summed E-state index contributed by atoms with van der Waals surface area (Å²) >= 11 is 0. The number of urea groups is 1. The molecule has 2 heterocycles. The molecule has 0 spiro atoms. The fourth-order valence-electron chi connectivity index (χ4n) is 1.96. The van der Waals surface area contributed by atoms with Gasteiger partial charge in [-0.2, -0.15) is 0 Å². The first-order chi connectivity index (χ1) is 10.6. The van der Waals surface area contributed by atoms with Crippen LogP contribution >= 0.6 is 0 Å². The molecule has 2 amide bonds. The Morgan fingerprint density at radius 3 is 2.68 bits per heavy atom. The van der Waals surface area contributed by atoms with Gasteiger partial charge in [0.05, 0.1) is 7.11 Å². The second kappa shape index (κ2) is 7.26. The highest BCUT2D eigenvalue weighted by molar-refractivity contribution is 5.90. The highest BCUT2D eigenvalue weighted by Crippen LogP contribution is 2.19. The van der Waals surface area contributed by atoms with Crippen LogP contribution in [-0.2, 0) is 6.54 Å². The summed E-state index contributed by atoms with van der Waals surface area (Å²) in [7, 11) is 5.32. The number of pyridine rings is 2. The van der Waals surface area contributed by atoms with E-state index in [1.807, 2.05) is 31.1 Å². The van der Waals surface area contributed by atoms with Crippen LogP contribution in [0.3, 0.4) is 0 Å². The van der Waals surface area contributed by atoms with E-state index >= 15 is 0 Å². The predicted molar refractivity (Wildman–Crippen MR) is 85.2 cm³/mol. The minimum atomic E-state index is -0.333. The lowest BCUT2D eigenvalue weighted by atomic mass is 10.2. The van der Waals surface area contributed by atoms with Crippen molar-refractivity contribution < 1.29 is 9.53 Å². The third kappa shape index (κ3) is 3.85. The molecule has 0 bridgehead atoms. The molecule has 0 aliphatic carbocycles. The number of methoxy groups -OCH3 is 1. The maximum atomic E-state index is 12.0.